The van der Waals surface area contributed by atoms with Gasteiger partial charge < -0.3 is 0 Å². The smallest absolute Gasteiger partial charge is 0.206 e. The van der Waals surface area contributed by atoms with E-state index in [2.05, 4.69) is 5.18 Å². The van der Waals surface area contributed by atoms with Gasteiger partial charge >= 0.3 is 6.18 Å². The molecular formula is C7H3F4NO. The number of nitroso groups, excluding NO2 is 1. The zero-order valence-electron chi connectivity index (χ0n) is 6.10. The molecule has 0 radical (unpaired) electrons. The predicted molar refractivity (Wildman–Crippen MR) is 36.9 cm³/mol. The van der Waals surface area contributed by atoms with Crippen molar-refractivity contribution in [1.82, 2.24) is 0 Å². The van der Waals surface area contributed by atoms with Crippen LogP contribution in [-0.2, 0) is 6.18 Å². The van der Waals surface area contributed by atoms with E-state index in [9.17, 15) is 22.5 Å². The lowest BCUT2D eigenvalue weighted by Crippen LogP contribution is -2.07. The van der Waals surface area contributed by atoms with Crippen molar-refractivity contribution in [2.75, 3.05) is 0 Å². The number of halogens is 4. The highest BCUT2D eigenvalue weighted by molar-refractivity contribution is 5.41. The number of benzene rings is 1. The van der Waals surface area contributed by atoms with Crippen LogP contribution in [0.5, 0.6) is 0 Å². The lowest BCUT2D eigenvalue weighted by Gasteiger charge is -2.06. The number of hydrogen-bond donors (Lipinski definition) is 0. The van der Waals surface area contributed by atoms with Crippen molar-refractivity contribution in [2.24, 2.45) is 5.18 Å². The van der Waals surface area contributed by atoms with Gasteiger partial charge in [-0.1, -0.05) is 0 Å². The van der Waals surface area contributed by atoms with Gasteiger partial charge in [-0.3, -0.25) is 0 Å². The van der Waals surface area contributed by atoms with E-state index in [1.165, 1.54) is 0 Å². The molecule has 0 N–H and O–H groups in total. The Balaban J connectivity index is 3.27. The summed E-state index contributed by atoms with van der Waals surface area (Å²) in [4.78, 5) is 9.86. The summed E-state index contributed by atoms with van der Waals surface area (Å²) in [5.74, 6) is -1.42. The van der Waals surface area contributed by atoms with Gasteiger partial charge in [0.05, 0.1) is 5.56 Å². The Morgan fingerprint density at radius 3 is 2.31 bits per heavy atom. The van der Waals surface area contributed by atoms with Crippen LogP contribution < -0.4 is 0 Å². The van der Waals surface area contributed by atoms with Gasteiger partial charge in [0.1, 0.15) is 11.5 Å². The fourth-order valence-corrected chi connectivity index (χ4v) is 0.787. The fourth-order valence-electron chi connectivity index (χ4n) is 0.787. The van der Waals surface area contributed by atoms with Crippen molar-refractivity contribution in [3.05, 3.63) is 34.5 Å². The highest BCUT2D eigenvalue weighted by atomic mass is 19.4. The maximum Gasteiger partial charge on any atom is 0.419 e. The second-order valence-electron chi connectivity index (χ2n) is 2.25. The molecule has 0 atom stereocenters. The molecule has 70 valence electrons. The molecule has 0 fully saturated rings. The Hall–Kier alpha value is -1.46. The third kappa shape index (κ3) is 2.01. The Kier molecular flexibility index (Phi) is 2.31. The third-order valence-corrected chi connectivity index (χ3v) is 1.36. The lowest BCUT2D eigenvalue weighted by molar-refractivity contribution is -0.139. The minimum Gasteiger partial charge on any atom is -0.206 e. The van der Waals surface area contributed by atoms with E-state index in [1.54, 1.807) is 0 Å². The van der Waals surface area contributed by atoms with Crippen LogP contribution in [-0.4, -0.2) is 0 Å². The van der Waals surface area contributed by atoms with E-state index < -0.39 is 23.2 Å². The van der Waals surface area contributed by atoms with Crippen molar-refractivity contribution < 1.29 is 17.6 Å². The van der Waals surface area contributed by atoms with E-state index in [1.807, 2.05) is 0 Å². The molecule has 0 amide bonds. The van der Waals surface area contributed by atoms with Crippen LogP contribution in [0, 0.1) is 10.7 Å². The fraction of sp³-hybridized carbons (Fsp3) is 0.143. The van der Waals surface area contributed by atoms with Crippen LogP contribution in [0.3, 0.4) is 0 Å². The van der Waals surface area contributed by atoms with Crippen LogP contribution in [0.25, 0.3) is 0 Å². The Labute approximate surface area is 70.2 Å². The van der Waals surface area contributed by atoms with Crippen LogP contribution in [0.1, 0.15) is 5.56 Å². The molecule has 13 heavy (non-hydrogen) atoms. The summed E-state index contributed by atoms with van der Waals surface area (Å²) in [7, 11) is 0. The standard InChI is InChI=1S/C7H3F4NO/c8-6-2-1-4(12-13)3-5(6)7(9,10)11/h1-3H. The highest BCUT2D eigenvalue weighted by Crippen LogP contribution is 2.33. The summed E-state index contributed by atoms with van der Waals surface area (Å²) in [5, 5.41) is 2.27. The first kappa shape index (κ1) is 9.63. The molecule has 0 saturated carbocycles. The molecule has 0 aromatic heterocycles. The Morgan fingerprint density at radius 1 is 1.23 bits per heavy atom. The van der Waals surface area contributed by atoms with E-state index in [-0.39, 0.29) is 0 Å². The monoisotopic (exact) mass is 193 g/mol. The maximum absolute atomic E-state index is 12.5. The Morgan fingerprint density at radius 2 is 1.85 bits per heavy atom. The van der Waals surface area contributed by atoms with E-state index in [0.717, 1.165) is 6.07 Å². The molecule has 0 heterocycles. The van der Waals surface area contributed by atoms with Crippen LogP contribution in [0.2, 0.25) is 0 Å². The van der Waals surface area contributed by atoms with E-state index in [4.69, 9.17) is 0 Å². The molecule has 0 saturated heterocycles. The average molecular weight is 193 g/mol. The van der Waals surface area contributed by atoms with Crippen molar-refractivity contribution in [2.45, 2.75) is 6.18 Å². The minimum atomic E-state index is -4.80. The molecule has 0 aliphatic rings. The molecule has 1 rings (SSSR count). The van der Waals surface area contributed by atoms with Gasteiger partial charge in [0, 0.05) is 0 Å². The van der Waals surface area contributed by atoms with Gasteiger partial charge in [-0.2, -0.15) is 13.2 Å². The van der Waals surface area contributed by atoms with Gasteiger partial charge in [-0.15, -0.1) is 4.91 Å². The highest BCUT2D eigenvalue weighted by Gasteiger charge is 2.34. The quantitative estimate of drug-likeness (QED) is 0.497. The van der Waals surface area contributed by atoms with Gasteiger partial charge in [0.2, 0.25) is 0 Å². The van der Waals surface area contributed by atoms with Crippen molar-refractivity contribution in [1.29, 1.82) is 0 Å². The number of hydrogen-bond acceptors (Lipinski definition) is 2. The zero-order valence-corrected chi connectivity index (χ0v) is 6.10. The summed E-state index contributed by atoms with van der Waals surface area (Å²) >= 11 is 0. The molecule has 0 spiro atoms. The molecule has 0 aliphatic heterocycles. The lowest BCUT2D eigenvalue weighted by atomic mass is 10.2. The molecule has 1 aromatic carbocycles. The molecule has 0 aliphatic carbocycles. The summed E-state index contributed by atoms with van der Waals surface area (Å²) in [5.41, 5.74) is -1.93. The van der Waals surface area contributed by atoms with Crippen molar-refractivity contribution in [3.8, 4) is 0 Å². The first-order valence-corrected chi connectivity index (χ1v) is 3.15. The van der Waals surface area contributed by atoms with Gasteiger partial charge in [0.25, 0.3) is 0 Å². The van der Waals surface area contributed by atoms with Gasteiger partial charge in [-0.05, 0) is 23.4 Å². The number of rotatable bonds is 1. The van der Waals surface area contributed by atoms with Crippen molar-refractivity contribution in [3.63, 3.8) is 0 Å². The molecule has 0 unspecified atom stereocenters. The molecule has 0 bridgehead atoms. The van der Waals surface area contributed by atoms with Gasteiger partial charge in [-0.25, -0.2) is 4.39 Å². The topological polar surface area (TPSA) is 29.4 Å². The van der Waals surface area contributed by atoms with E-state index >= 15 is 0 Å². The first-order valence-electron chi connectivity index (χ1n) is 3.15. The molecule has 2 nitrogen and oxygen atoms in total. The third-order valence-electron chi connectivity index (χ3n) is 1.36. The van der Waals surface area contributed by atoms with Crippen LogP contribution >= 0.6 is 0 Å². The molecular weight excluding hydrogens is 190 g/mol. The SMILES string of the molecule is O=Nc1ccc(F)c(C(F)(F)F)c1. The number of nitrogens with zero attached hydrogens (tertiary/aromatic N) is 1. The summed E-state index contributed by atoms with van der Waals surface area (Å²) in [6.45, 7) is 0. The molecule has 6 heteroatoms. The maximum atomic E-state index is 12.5. The number of alkyl halides is 3. The minimum absolute atomic E-state index is 0.363. The van der Waals surface area contributed by atoms with Crippen LogP contribution in [0.4, 0.5) is 23.2 Å². The summed E-state index contributed by atoms with van der Waals surface area (Å²) in [6.07, 6.45) is -4.80. The molecule has 1 aromatic rings. The largest absolute Gasteiger partial charge is 0.419 e. The normalized spacial score (nSPS) is 11.4. The van der Waals surface area contributed by atoms with Crippen molar-refractivity contribution >= 4 is 5.69 Å². The second kappa shape index (κ2) is 3.12. The zero-order chi connectivity index (χ0) is 10.1. The van der Waals surface area contributed by atoms with Gasteiger partial charge in [0.15, 0.2) is 0 Å². The Bertz CT molecular complexity index is 334. The first-order chi connectivity index (χ1) is 5.95. The van der Waals surface area contributed by atoms with Crippen LogP contribution in [0.15, 0.2) is 23.4 Å². The summed E-state index contributed by atoms with van der Waals surface area (Å²) in [6, 6.07) is 1.79. The predicted octanol–water partition coefficient (Wildman–Crippen LogP) is 3.24. The average Bonchev–Trinajstić information content (AvgIpc) is 2.03. The van der Waals surface area contributed by atoms with E-state index in [0.29, 0.717) is 12.1 Å². The summed E-state index contributed by atoms with van der Waals surface area (Å²) < 4.78 is 48.5. The second-order valence-corrected chi connectivity index (χ2v) is 2.25.